The molecule has 0 fully saturated rings. The van der Waals surface area contributed by atoms with Crippen molar-refractivity contribution in [1.29, 1.82) is 21.0 Å². The van der Waals surface area contributed by atoms with Gasteiger partial charge in [0.25, 0.3) is 0 Å². The van der Waals surface area contributed by atoms with Crippen LogP contribution in [-0.4, -0.2) is 33.2 Å². The van der Waals surface area contributed by atoms with E-state index in [1.807, 2.05) is 127 Å². The third-order valence-electron chi connectivity index (χ3n) is 18.1. The lowest BCUT2D eigenvalue weighted by Crippen LogP contribution is -2.17. The van der Waals surface area contributed by atoms with Crippen LogP contribution in [0.3, 0.4) is 0 Å². The van der Waals surface area contributed by atoms with Crippen molar-refractivity contribution in [1.82, 2.24) is 33.2 Å². The van der Waals surface area contributed by atoms with Crippen LogP contribution in [0, 0.1) is 45.3 Å². The van der Waals surface area contributed by atoms with Crippen LogP contribution in [0.1, 0.15) is 22.3 Å². The number of aromatic nitrogens is 7. The maximum atomic E-state index is 10.8. The van der Waals surface area contributed by atoms with Crippen LogP contribution >= 0.6 is 11.3 Å². The molecule has 0 radical (unpaired) electrons. The summed E-state index contributed by atoms with van der Waals surface area (Å²) >= 11 is 1.60. The molecule has 11 nitrogen and oxygen atoms in total. The molecule has 6 heterocycles. The van der Waals surface area contributed by atoms with Crippen LogP contribution < -0.4 is 0 Å². The standard InChI is InChI=1S/C81H43N11S/c82-44-48-31-35-69-58(39-48)54-21-7-12-26-65(54)89(69)76-74(64-43-63(52-17-3-1-4-18-52)86-80(87-64)53-19-5-2-6-20-53)75(81-88-62-25-11-16-30-73(62)93-81)77(90-66-27-13-8-22-55(66)59-40-49(45-83)32-36-70(59)90)79(92-68-29-15-10-24-57(68)61-42-51(47-85)34-38-72(61)92)78(76)91-67-28-14-9-23-56(67)60-41-50(46-84)33-37-71(60)91/h1-43H. The summed E-state index contributed by atoms with van der Waals surface area (Å²) < 4.78 is 10.5. The van der Waals surface area contributed by atoms with Crippen molar-refractivity contribution in [3.8, 4) is 91.5 Å². The highest BCUT2D eigenvalue weighted by atomic mass is 32.1. The normalized spacial score (nSPS) is 11.6. The molecule has 6 aromatic heterocycles. The van der Waals surface area contributed by atoms with Gasteiger partial charge in [0.2, 0.25) is 0 Å². The minimum atomic E-state index is 0.499. The summed E-state index contributed by atoms with van der Waals surface area (Å²) in [5.41, 5.74) is 16.9. The third kappa shape index (κ3) is 7.94. The molecule has 0 N–H and O–H groups in total. The van der Waals surface area contributed by atoms with E-state index in [4.69, 9.17) is 15.0 Å². The van der Waals surface area contributed by atoms with Crippen LogP contribution in [0.2, 0.25) is 0 Å². The molecule has 0 saturated heterocycles. The molecule has 93 heavy (non-hydrogen) atoms. The van der Waals surface area contributed by atoms with Gasteiger partial charge in [-0.25, -0.2) is 15.0 Å². The molecule has 428 valence electrons. The first-order valence-electron chi connectivity index (χ1n) is 30.3. The van der Waals surface area contributed by atoms with E-state index in [1.54, 1.807) is 11.3 Å². The molecule has 18 aromatic rings. The van der Waals surface area contributed by atoms with Crippen molar-refractivity contribution in [3.63, 3.8) is 0 Å². The number of rotatable bonds is 8. The van der Waals surface area contributed by atoms with E-state index in [9.17, 15) is 21.0 Å². The number of hydrogen-bond donors (Lipinski definition) is 0. The van der Waals surface area contributed by atoms with Crippen molar-refractivity contribution in [2.45, 2.75) is 0 Å². The Kier molecular flexibility index (Phi) is 11.8. The van der Waals surface area contributed by atoms with E-state index in [0.717, 1.165) is 137 Å². The number of nitriles is 4. The number of fused-ring (bicyclic) bond motifs is 13. The Hall–Kier alpha value is -13.2. The highest BCUT2D eigenvalue weighted by Crippen LogP contribution is 2.56. The molecule has 0 unspecified atom stereocenters. The number of benzene rings is 12. The average molecular weight is 1200 g/mol. The minimum Gasteiger partial charge on any atom is -0.306 e. The Bertz CT molecular complexity index is 6340. The zero-order valence-electron chi connectivity index (χ0n) is 49.2. The Morgan fingerprint density at radius 2 is 0.624 bits per heavy atom. The molecule has 0 aliphatic rings. The Labute approximate surface area is 534 Å². The zero-order valence-corrected chi connectivity index (χ0v) is 50.0. The van der Waals surface area contributed by atoms with Gasteiger partial charge in [0.15, 0.2) is 5.82 Å². The van der Waals surface area contributed by atoms with Gasteiger partial charge in [0.05, 0.1) is 135 Å². The van der Waals surface area contributed by atoms with Gasteiger partial charge in [-0.15, -0.1) is 11.3 Å². The fourth-order valence-corrected chi connectivity index (χ4v) is 15.2. The van der Waals surface area contributed by atoms with Crippen LogP contribution in [0.25, 0.3) is 165 Å². The second-order valence-electron chi connectivity index (χ2n) is 23.1. The summed E-state index contributed by atoms with van der Waals surface area (Å²) in [7, 11) is 0. The molecular formula is C81H43N11S. The minimum absolute atomic E-state index is 0.499. The highest BCUT2D eigenvalue weighted by molar-refractivity contribution is 7.21. The zero-order chi connectivity index (χ0) is 62.0. The van der Waals surface area contributed by atoms with Gasteiger partial charge in [-0.2, -0.15) is 21.0 Å². The van der Waals surface area contributed by atoms with E-state index < -0.39 is 0 Å². The third-order valence-corrected chi connectivity index (χ3v) is 19.1. The van der Waals surface area contributed by atoms with Crippen LogP contribution in [-0.2, 0) is 0 Å². The number of hydrogen-bond acceptors (Lipinski definition) is 8. The van der Waals surface area contributed by atoms with E-state index in [-0.39, 0.29) is 0 Å². The largest absolute Gasteiger partial charge is 0.306 e. The van der Waals surface area contributed by atoms with Gasteiger partial charge in [0, 0.05) is 65.3 Å². The highest BCUT2D eigenvalue weighted by Gasteiger charge is 2.37. The summed E-state index contributed by atoms with van der Waals surface area (Å²) in [6, 6.07) is 97.9. The Morgan fingerprint density at radius 3 is 1.04 bits per heavy atom. The first kappa shape index (κ1) is 52.9. The fraction of sp³-hybridized carbons (Fsp3) is 0. The molecular weight excluding hydrogens is 1160 g/mol. The van der Waals surface area contributed by atoms with Crippen molar-refractivity contribution in [2.24, 2.45) is 0 Å². The van der Waals surface area contributed by atoms with E-state index in [1.165, 1.54) is 0 Å². The first-order valence-corrected chi connectivity index (χ1v) is 31.1. The van der Waals surface area contributed by atoms with Crippen molar-refractivity contribution in [2.75, 3.05) is 0 Å². The summed E-state index contributed by atoms with van der Waals surface area (Å²) in [5.74, 6) is 0.499. The molecule has 12 aromatic carbocycles. The molecule has 0 aliphatic carbocycles. The molecule has 12 heteroatoms. The molecule has 0 amide bonds. The lowest BCUT2D eigenvalue weighted by molar-refractivity contribution is 1.02. The second kappa shape index (κ2) is 20.7. The topological polar surface area (TPSA) is 154 Å². The molecule has 0 bridgehead atoms. The maximum absolute atomic E-state index is 10.8. The monoisotopic (exact) mass is 1200 g/mol. The summed E-state index contributed by atoms with van der Waals surface area (Å²) in [6.07, 6.45) is 0. The fourth-order valence-electron chi connectivity index (χ4n) is 14.2. The van der Waals surface area contributed by atoms with Gasteiger partial charge < -0.3 is 18.3 Å². The Morgan fingerprint density at radius 1 is 0.280 bits per heavy atom. The molecule has 0 atom stereocenters. The molecule has 0 aliphatic heterocycles. The number of thiazole rings is 1. The lowest BCUT2D eigenvalue weighted by atomic mass is 9.93. The van der Waals surface area contributed by atoms with E-state index in [2.05, 4.69) is 176 Å². The SMILES string of the molecule is N#Cc1ccc2c(c1)c1ccccc1n2-c1c(-c2cc(-c3ccccc3)nc(-c3ccccc3)n2)c(-c2nc3ccccc3s2)c(-n2c3ccccc3c3cc(C#N)ccc32)c(-n2c3ccccc3c3cc(C#N)ccc32)c1-n1c2ccccc2c2cc(C#N)ccc21. The maximum Gasteiger partial charge on any atom is 0.160 e. The van der Waals surface area contributed by atoms with Gasteiger partial charge in [0.1, 0.15) is 5.01 Å². The predicted octanol–water partition coefficient (Wildman–Crippen LogP) is 19.6. The summed E-state index contributed by atoms with van der Waals surface area (Å²) in [5, 5.41) is 50.9. The predicted molar refractivity (Wildman–Crippen MR) is 373 cm³/mol. The average Bonchev–Trinajstić information content (AvgIpc) is 1.60. The molecule has 0 spiro atoms. The van der Waals surface area contributed by atoms with Gasteiger partial charge in [-0.05, 0) is 115 Å². The number of para-hydroxylation sites is 5. The van der Waals surface area contributed by atoms with E-state index in [0.29, 0.717) is 50.0 Å². The van der Waals surface area contributed by atoms with Crippen LogP contribution in [0.5, 0.6) is 0 Å². The van der Waals surface area contributed by atoms with Gasteiger partial charge >= 0.3 is 0 Å². The van der Waals surface area contributed by atoms with Crippen molar-refractivity contribution in [3.05, 3.63) is 283 Å². The van der Waals surface area contributed by atoms with Crippen molar-refractivity contribution >= 4 is 109 Å². The lowest BCUT2D eigenvalue weighted by Gasteiger charge is -2.30. The van der Waals surface area contributed by atoms with Crippen LogP contribution in [0.4, 0.5) is 0 Å². The van der Waals surface area contributed by atoms with Crippen LogP contribution in [0.15, 0.2) is 261 Å². The summed E-state index contributed by atoms with van der Waals surface area (Å²) in [6.45, 7) is 0. The second-order valence-corrected chi connectivity index (χ2v) is 24.1. The first-order chi connectivity index (χ1) is 46.0. The quantitative estimate of drug-likeness (QED) is 0.147. The summed E-state index contributed by atoms with van der Waals surface area (Å²) in [4.78, 5) is 17.2. The smallest absolute Gasteiger partial charge is 0.160 e. The van der Waals surface area contributed by atoms with Crippen molar-refractivity contribution < 1.29 is 0 Å². The molecule has 18 rings (SSSR count). The number of nitrogens with zero attached hydrogens (tertiary/aromatic N) is 11. The van der Waals surface area contributed by atoms with Gasteiger partial charge in [-0.1, -0.05) is 146 Å². The van der Waals surface area contributed by atoms with E-state index >= 15 is 0 Å². The Balaban J connectivity index is 1.23. The van der Waals surface area contributed by atoms with Gasteiger partial charge in [-0.3, -0.25) is 0 Å². The molecule has 0 saturated carbocycles.